The smallest absolute Gasteiger partial charge is 0.417 e. The van der Waals surface area contributed by atoms with E-state index in [0.717, 1.165) is 18.9 Å². The molecule has 0 bridgehead atoms. The third-order valence-electron chi connectivity index (χ3n) is 6.28. The van der Waals surface area contributed by atoms with Crippen molar-refractivity contribution in [2.24, 2.45) is 5.92 Å². The molecular formula is C28H31F3N2O5. The number of hydrogen-bond donors (Lipinski definition) is 2. The summed E-state index contributed by atoms with van der Waals surface area (Å²) in [5, 5.41) is 23.1. The van der Waals surface area contributed by atoms with E-state index in [9.17, 15) is 27.9 Å². The molecule has 204 valence electrons. The van der Waals surface area contributed by atoms with Crippen LogP contribution in [0.25, 0.3) is 0 Å². The molecule has 1 fully saturated rings. The Labute approximate surface area is 219 Å². The molecule has 10 heteroatoms. The van der Waals surface area contributed by atoms with Gasteiger partial charge in [0, 0.05) is 12.1 Å². The number of halogens is 3. The van der Waals surface area contributed by atoms with Gasteiger partial charge < -0.3 is 19.9 Å². The van der Waals surface area contributed by atoms with Crippen LogP contribution in [0.1, 0.15) is 63.1 Å². The molecule has 1 aliphatic carbocycles. The number of aliphatic hydroxyl groups is 1. The Kier molecular flexibility index (Phi) is 8.72. The van der Waals surface area contributed by atoms with Crippen LogP contribution in [0.4, 0.5) is 18.9 Å². The molecule has 0 heterocycles. The molecule has 1 amide bonds. The van der Waals surface area contributed by atoms with Crippen LogP contribution in [0.2, 0.25) is 0 Å². The minimum atomic E-state index is -4.78. The number of hydrogen-bond acceptors (Lipinski definition) is 6. The first kappa shape index (κ1) is 29.0. The molecule has 2 N–H and O–H groups in total. The summed E-state index contributed by atoms with van der Waals surface area (Å²) >= 11 is 0. The first-order valence-electron chi connectivity index (χ1n) is 12.3. The number of nitriles is 1. The summed E-state index contributed by atoms with van der Waals surface area (Å²) in [7, 11) is 0. The first-order chi connectivity index (χ1) is 17.7. The maximum Gasteiger partial charge on any atom is 0.417 e. The van der Waals surface area contributed by atoms with E-state index in [1.54, 1.807) is 45.0 Å². The predicted molar refractivity (Wildman–Crippen MR) is 133 cm³/mol. The topological polar surface area (TPSA) is 109 Å². The molecule has 0 saturated heterocycles. The van der Waals surface area contributed by atoms with Gasteiger partial charge in [0.1, 0.15) is 17.0 Å². The number of anilines is 1. The number of carbonyl (C=O) groups excluding carboxylic acids is 2. The number of alkyl halides is 3. The lowest BCUT2D eigenvalue weighted by molar-refractivity contribution is -0.157. The monoisotopic (exact) mass is 532 g/mol. The molecule has 0 aliphatic heterocycles. The molecule has 0 aromatic heterocycles. The van der Waals surface area contributed by atoms with Crippen LogP contribution in [0.5, 0.6) is 5.75 Å². The van der Waals surface area contributed by atoms with Crippen LogP contribution in [0.15, 0.2) is 42.5 Å². The van der Waals surface area contributed by atoms with E-state index in [0.29, 0.717) is 30.2 Å². The van der Waals surface area contributed by atoms with Crippen molar-refractivity contribution in [1.29, 1.82) is 5.26 Å². The van der Waals surface area contributed by atoms with Gasteiger partial charge >= 0.3 is 12.1 Å². The average molecular weight is 533 g/mol. The Morgan fingerprint density at radius 2 is 1.79 bits per heavy atom. The Bertz CT molecular complexity index is 1210. The largest absolute Gasteiger partial charge is 0.482 e. The normalized spacial score (nSPS) is 15.8. The fraction of sp³-hybridized carbons (Fsp3) is 0.464. The summed E-state index contributed by atoms with van der Waals surface area (Å²) in [4.78, 5) is 25.4. The van der Waals surface area contributed by atoms with Crippen molar-refractivity contribution in [2.75, 3.05) is 11.9 Å². The van der Waals surface area contributed by atoms with Crippen molar-refractivity contribution < 1.29 is 37.3 Å². The summed E-state index contributed by atoms with van der Waals surface area (Å²) in [5.74, 6) is -1.45. The molecule has 7 nitrogen and oxygen atoms in total. The fourth-order valence-corrected chi connectivity index (χ4v) is 4.58. The number of nitrogens with one attached hydrogen (secondary N) is 1. The number of esters is 1. The van der Waals surface area contributed by atoms with E-state index in [2.05, 4.69) is 5.32 Å². The average Bonchev–Trinajstić information content (AvgIpc) is 3.37. The number of nitrogens with zero attached hydrogens (tertiary/aromatic N) is 1. The highest BCUT2D eigenvalue weighted by Crippen LogP contribution is 2.38. The molecule has 0 radical (unpaired) electrons. The van der Waals surface area contributed by atoms with Crippen molar-refractivity contribution in [3.05, 3.63) is 59.2 Å². The standard InChI is InChI=1S/C28H31F3N2O5/c1-26(2,3)38-24(34)17-37-22-10-6-7-18(13-22)15-27(36,20-8-4-5-9-20)25(35)33-21-12-11-19(16-32)23(14-21)28(29,30)31/h6-7,10-14,20,36H,4-5,8-9,15,17H2,1-3H3,(H,33,35). The van der Waals surface area contributed by atoms with Gasteiger partial charge in [-0.25, -0.2) is 4.79 Å². The summed E-state index contributed by atoms with van der Waals surface area (Å²) in [6, 6.07) is 10.9. The van der Waals surface area contributed by atoms with Gasteiger partial charge in [0.25, 0.3) is 5.91 Å². The highest BCUT2D eigenvalue weighted by molar-refractivity contribution is 5.97. The molecule has 1 aliphatic rings. The quantitative estimate of drug-likeness (QED) is 0.441. The minimum absolute atomic E-state index is 0.116. The summed E-state index contributed by atoms with van der Waals surface area (Å²) < 4.78 is 50.9. The van der Waals surface area contributed by atoms with Crippen LogP contribution in [-0.2, 0) is 26.9 Å². The SMILES string of the molecule is CC(C)(C)OC(=O)COc1cccc(CC(O)(C(=O)Nc2ccc(C#N)c(C(F)(F)F)c2)C2CCCC2)c1. The van der Waals surface area contributed by atoms with Crippen molar-refractivity contribution >= 4 is 17.6 Å². The Hall–Kier alpha value is -3.58. The molecule has 1 unspecified atom stereocenters. The zero-order valence-corrected chi connectivity index (χ0v) is 21.5. The van der Waals surface area contributed by atoms with Crippen molar-refractivity contribution in [3.8, 4) is 11.8 Å². The number of rotatable bonds is 8. The van der Waals surface area contributed by atoms with Gasteiger partial charge in [-0.05, 0) is 75.4 Å². The van der Waals surface area contributed by atoms with Crippen LogP contribution in [0, 0.1) is 17.2 Å². The first-order valence-corrected chi connectivity index (χ1v) is 12.3. The number of carbonyl (C=O) groups is 2. The summed E-state index contributed by atoms with van der Waals surface area (Å²) in [6.07, 6.45) is -2.11. The molecule has 1 saturated carbocycles. The molecule has 38 heavy (non-hydrogen) atoms. The van der Waals surface area contributed by atoms with E-state index in [-0.39, 0.29) is 18.7 Å². The lowest BCUT2D eigenvalue weighted by Crippen LogP contribution is -2.50. The second-order valence-corrected chi connectivity index (χ2v) is 10.4. The lowest BCUT2D eigenvalue weighted by Gasteiger charge is -2.33. The second kappa shape index (κ2) is 11.4. The molecule has 0 spiro atoms. The van der Waals surface area contributed by atoms with Crippen molar-refractivity contribution in [1.82, 2.24) is 0 Å². The molecule has 1 atom stereocenters. The van der Waals surface area contributed by atoms with E-state index in [1.807, 2.05) is 0 Å². The minimum Gasteiger partial charge on any atom is -0.482 e. The molecule has 3 rings (SSSR count). The van der Waals surface area contributed by atoms with Gasteiger partial charge in [0.05, 0.1) is 17.2 Å². The van der Waals surface area contributed by atoms with E-state index >= 15 is 0 Å². The van der Waals surface area contributed by atoms with Gasteiger partial charge in [0.2, 0.25) is 0 Å². The van der Waals surface area contributed by atoms with Crippen LogP contribution in [-0.4, -0.2) is 34.8 Å². The molecule has 2 aromatic rings. The van der Waals surface area contributed by atoms with E-state index in [1.165, 1.54) is 12.1 Å². The Morgan fingerprint density at radius 1 is 1.11 bits per heavy atom. The highest BCUT2D eigenvalue weighted by Gasteiger charge is 2.45. The zero-order chi connectivity index (χ0) is 28.1. The van der Waals surface area contributed by atoms with Crippen LogP contribution < -0.4 is 10.1 Å². The van der Waals surface area contributed by atoms with Gasteiger partial charge in [-0.3, -0.25) is 4.79 Å². The van der Waals surface area contributed by atoms with E-state index in [4.69, 9.17) is 14.7 Å². The number of benzene rings is 2. The highest BCUT2D eigenvalue weighted by atomic mass is 19.4. The Balaban J connectivity index is 1.81. The predicted octanol–water partition coefficient (Wildman–Crippen LogP) is 5.40. The third-order valence-corrected chi connectivity index (χ3v) is 6.28. The van der Waals surface area contributed by atoms with Gasteiger partial charge in [0.15, 0.2) is 6.61 Å². The molecular weight excluding hydrogens is 501 g/mol. The zero-order valence-electron chi connectivity index (χ0n) is 21.5. The van der Waals surface area contributed by atoms with Crippen molar-refractivity contribution in [3.63, 3.8) is 0 Å². The van der Waals surface area contributed by atoms with Crippen LogP contribution >= 0.6 is 0 Å². The van der Waals surface area contributed by atoms with Gasteiger partial charge in [-0.1, -0.05) is 25.0 Å². The third kappa shape index (κ3) is 7.48. The number of amides is 1. The molecule has 2 aromatic carbocycles. The van der Waals surface area contributed by atoms with Crippen LogP contribution in [0.3, 0.4) is 0 Å². The van der Waals surface area contributed by atoms with Gasteiger partial charge in [-0.2, -0.15) is 18.4 Å². The van der Waals surface area contributed by atoms with Crippen molar-refractivity contribution in [2.45, 2.75) is 70.3 Å². The second-order valence-electron chi connectivity index (χ2n) is 10.4. The summed E-state index contributed by atoms with van der Waals surface area (Å²) in [5.41, 5.74) is -3.93. The summed E-state index contributed by atoms with van der Waals surface area (Å²) in [6.45, 7) is 4.89. The number of ether oxygens (including phenoxy) is 2. The van der Waals surface area contributed by atoms with E-state index < -0.39 is 46.3 Å². The maximum absolute atomic E-state index is 13.4. The maximum atomic E-state index is 13.4. The lowest BCUT2D eigenvalue weighted by atomic mass is 9.80. The Morgan fingerprint density at radius 3 is 2.39 bits per heavy atom. The van der Waals surface area contributed by atoms with Gasteiger partial charge in [-0.15, -0.1) is 0 Å². The fourth-order valence-electron chi connectivity index (χ4n) is 4.58.